The summed E-state index contributed by atoms with van der Waals surface area (Å²) < 4.78 is 5.09. The predicted octanol–water partition coefficient (Wildman–Crippen LogP) is 1.66. The van der Waals surface area contributed by atoms with Crippen molar-refractivity contribution >= 4 is 5.91 Å². The van der Waals surface area contributed by atoms with Crippen molar-refractivity contribution in [3.8, 4) is 0 Å². The first kappa shape index (κ1) is 15.1. The molecule has 1 aliphatic rings. The maximum absolute atomic E-state index is 12.4. The second kappa shape index (κ2) is 6.90. The van der Waals surface area contributed by atoms with E-state index in [1.165, 1.54) is 0 Å². The zero-order valence-electron chi connectivity index (χ0n) is 12.1. The number of methoxy groups -OCH3 is 1. The number of aromatic amines is 1. The number of likely N-dealkylation sites (tertiary alicyclic amines) is 1. The molecule has 5 nitrogen and oxygen atoms in total. The molecule has 0 unspecified atom stereocenters. The lowest BCUT2D eigenvalue weighted by atomic mass is 9.77. The number of aliphatic hydroxyl groups excluding tert-OH is 1. The van der Waals surface area contributed by atoms with E-state index in [1.807, 2.05) is 11.0 Å². The number of nitrogens with one attached hydrogen (secondary N) is 1. The maximum atomic E-state index is 12.4. The van der Waals surface area contributed by atoms with Gasteiger partial charge in [0.25, 0.3) is 5.91 Å². The Bertz CT molecular complexity index is 419. The van der Waals surface area contributed by atoms with Gasteiger partial charge in [-0.1, -0.05) is 0 Å². The summed E-state index contributed by atoms with van der Waals surface area (Å²) in [6.07, 6.45) is 5.49. The van der Waals surface area contributed by atoms with Crippen molar-refractivity contribution in [3.63, 3.8) is 0 Å². The number of nitrogens with zero attached hydrogens (tertiary/aromatic N) is 1. The van der Waals surface area contributed by atoms with E-state index in [0.29, 0.717) is 18.8 Å². The Morgan fingerprint density at radius 1 is 1.60 bits per heavy atom. The Balaban J connectivity index is 2.00. The third kappa shape index (κ3) is 3.41. The number of hydrogen-bond acceptors (Lipinski definition) is 3. The highest BCUT2D eigenvalue weighted by molar-refractivity contribution is 5.92. The van der Waals surface area contributed by atoms with E-state index in [0.717, 1.165) is 32.2 Å². The van der Waals surface area contributed by atoms with Gasteiger partial charge in [0.2, 0.25) is 0 Å². The van der Waals surface area contributed by atoms with Crippen LogP contribution in [0.25, 0.3) is 0 Å². The molecule has 1 aromatic heterocycles. The van der Waals surface area contributed by atoms with Crippen LogP contribution in [0.5, 0.6) is 0 Å². The number of aliphatic hydroxyl groups is 1. The van der Waals surface area contributed by atoms with E-state index in [1.54, 1.807) is 19.4 Å². The highest BCUT2D eigenvalue weighted by Crippen LogP contribution is 2.34. The highest BCUT2D eigenvalue weighted by atomic mass is 16.5. The van der Waals surface area contributed by atoms with Gasteiger partial charge in [-0.25, -0.2) is 0 Å². The molecule has 1 atom stereocenters. The van der Waals surface area contributed by atoms with E-state index in [4.69, 9.17) is 4.74 Å². The summed E-state index contributed by atoms with van der Waals surface area (Å²) in [7, 11) is 1.69. The lowest BCUT2D eigenvalue weighted by molar-refractivity contribution is 0.0177. The van der Waals surface area contributed by atoms with Crippen LogP contribution < -0.4 is 0 Å². The maximum Gasteiger partial charge on any atom is 0.270 e. The molecule has 20 heavy (non-hydrogen) atoms. The Morgan fingerprint density at radius 3 is 3.10 bits per heavy atom. The van der Waals surface area contributed by atoms with Gasteiger partial charge in [-0.2, -0.15) is 0 Å². The molecule has 1 fully saturated rings. The Labute approximate surface area is 119 Å². The van der Waals surface area contributed by atoms with Gasteiger partial charge < -0.3 is 19.7 Å². The van der Waals surface area contributed by atoms with Crippen molar-refractivity contribution < 1.29 is 14.6 Å². The molecule has 0 aromatic carbocycles. The first-order valence-corrected chi connectivity index (χ1v) is 7.23. The molecule has 2 rings (SSSR count). The fourth-order valence-electron chi connectivity index (χ4n) is 3.02. The predicted molar refractivity (Wildman–Crippen MR) is 76.6 cm³/mol. The van der Waals surface area contributed by atoms with E-state index in [2.05, 4.69) is 4.98 Å². The normalized spacial score (nSPS) is 23.0. The number of aromatic nitrogens is 1. The number of amides is 1. The molecule has 112 valence electrons. The molecule has 1 saturated heterocycles. The summed E-state index contributed by atoms with van der Waals surface area (Å²) >= 11 is 0. The molecule has 0 spiro atoms. The van der Waals surface area contributed by atoms with E-state index < -0.39 is 0 Å². The SMILES string of the molecule is COCCC[C@@]1(CO)CCCN(C(=O)c2ccc[nH]2)C1. The van der Waals surface area contributed by atoms with Crippen LogP contribution >= 0.6 is 0 Å². The number of carbonyl (C=O) groups is 1. The van der Waals surface area contributed by atoms with Crippen LogP contribution in [-0.2, 0) is 4.74 Å². The topological polar surface area (TPSA) is 65.6 Å². The fourth-order valence-corrected chi connectivity index (χ4v) is 3.02. The summed E-state index contributed by atoms with van der Waals surface area (Å²) in [6, 6.07) is 3.62. The minimum absolute atomic E-state index is 0.0271. The molecular weight excluding hydrogens is 256 g/mol. The van der Waals surface area contributed by atoms with Gasteiger partial charge in [0, 0.05) is 38.4 Å². The third-order valence-corrected chi connectivity index (χ3v) is 4.17. The van der Waals surface area contributed by atoms with Crippen LogP contribution in [0.4, 0.5) is 0 Å². The summed E-state index contributed by atoms with van der Waals surface area (Å²) in [5.41, 5.74) is 0.453. The summed E-state index contributed by atoms with van der Waals surface area (Å²) in [6.45, 7) is 2.23. The summed E-state index contributed by atoms with van der Waals surface area (Å²) in [5, 5.41) is 9.78. The van der Waals surface area contributed by atoms with E-state index in [-0.39, 0.29) is 17.9 Å². The van der Waals surface area contributed by atoms with E-state index in [9.17, 15) is 9.90 Å². The Kier molecular flexibility index (Phi) is 5.20. The number of ether oxygens (including phenoxy) is 1. The number of carbonyl (C=O) groups excluding carboxylic acids is 1. The molecule has 1 aromatic rings. The van der Waals surface area contributed by atoms with Gasteiger partial charge in [0.05, 0.1) is 6.61 Å². The zero-order chi connectivity index (χ0) is 14.4. The third-order valence-electron chi connectivity index (χ3n) is 4.17. The zero-order valence-corrected chi connectivity index (χ0v) is 12.1. The van der Waals surface area contributed by atoms with Crippen LogP contribution in [0.2, 0.25) is 0 Å². The number of hydrogen-bond donors (Lipinski definition) is 2. The van der Waals surface area contributed by atoms with E-state index >= 15 is 0 Å². The van der Waals surface area contributed by atoms with Crippen LogP contribution in [-0.4, -0.2) is 54.3 Å². The molecular formula is C15H24N2O3. The number of piperidine rings is 1. The standard InChI is InChI=1S/C15H24N2O3/c1-20-10-4-7-15(12-18)6-3-9-17(11-15)14(19)13-5-2-8-16-13/h2,5,8,16,18H,3-4,6-7,9-12H2,1H3/t15-/m0/s1. The van der Waals surface area contributed by atoms with Crippen LogP contribution in [0.3, 0.4) is 0 Å². The summed E-state index contributed by atoms with van der Waals surface area (Å²) in [4.78, 5) is 17.2. The van der Waals surface area contributed by atoms with Crippen molar-refractivity contribution in [2.45, 2.75) is 25.7 Å². The second-order valence-corrected chi connectivity index (χ2v) is 5.67. The van der Waals surface area contributed by atoms with Crippen LogP contribution in [0.15, 0.2) is 18.3 Å². The quantitative estimate of drug-likeness (QED) is 0.779. The molecule has 0 saturated carbocycles. The van der Waals surface area contributed by atoms with Gasteiger partial charge in [0.1, 0.15) is 5.69 Å². The molecule has 0 radical (unpaired) electrons. The lowest BCUT2D eigenvalue weighted by Crippen LogP contribution is -2.48. The smallest absolute Gasteiger partial charge is 0.270 e. The average Bonchev–Trinajstić information content (AvgIpc) is 3.01. The molecule has 0 bridgehead atoms. The van der Waals surface area contributed by atoms with Crippen LogP contribution in [0.1, 0.15) is 36.2 Å². The van der Waals surface area contributed by atoms with Crippen molar-refractivity contribution in [2.75, 3.05) is 33.4 Å². The molecule has 2 N–H and O–H groups in total. The number of rotatable bonds is 6. The lowest BCUT2D eigenvalue weighted by Gasteiger charge is -2.41. The summed E-state index contributed by atoms with van der Waals surface area (Å²) in [5.74, 6) is 0.0271. The second-order valence-electron chi connectivity index (χ2n) is 5.67. The highest BCUT2D eigenvalue weighted by Gasteiger charge is 2.36. The van der Waals surface area contributed by atoms with Gasteiger partial charge in [0.15, 0.2) is 0 Å². The van der Waals surface area contributed by atoms with Gasteiger partial charge >= 0.3 is 0 Å². The van der Waals surface area contributed by atoms with Crippen molar-refractivity contribution in [2.24, 2.45) is 5.41 Å². The largest absolute Gasteiger partial charge is 0.396 e. The van der Waals surface area contributed by atoms with Gasteiger partial charge in [-0.15, -0.1) is 0 Å². The van der Waals surface area contributed by atoms with Crippen molar-refractivity contribution in [1.82, 2.24) is 9.88 Å². The molecule has 5 heteroatoms. The molecule has 2 heterocycles. The molecule has 1 amide bonds. The van der Waals surface area contributed by atoms with Crippen molar-refractivity contribution in [1.29, 1.82) is 0 Å². The van der Waals surface area contributed by atoms with Gasteiger partial charge in [-0.05, 0) is 37.8 Å². The minimum Gasteiger partial charge on any atom is -0.396 e. The molecule has 1 aliphatic heterocycles. The average molecular weight is 280 g/mol. The van der Waals surface area contributed by atoms with Crippen molar-refractivity contribution in [3.05, 3.63) is 24.0 Å². The van der Waals surface area contributed by atoms with Crippen LogP contribution in [0, 0.1) is 5.41 Å². The Morgan fingerprint density at radius 2 is 2.45 bits per heavy atom. The number of H-pyrrole nitrogens is 1. The monoisotopic (exact) mass is 280 g/mol. The first-order valence-electron chi connectivity index (χ1n) is 7.23. The van der Waals surface area contributed by atoms with Gasteiger partial charge in [-0.3, -0.25) is 4.79 Å². The Hall–Kier alpha value is -1.33. The minimum atomic E-state index is -0.168. The molecule has 0 aliphatic carbocycles. The fraction of sp³-hybridized carbons (Fsp3) is 0.667. The first-order chi connectivity index (χ1) is 9.71.